The molecule has 0 aliphatic heterocycles. The highest BCUT2D eigenvalue weighted by Gasteiger charge is 2.42. The first-order valence-electron chi connectivity index (χ1n) is 5.21. The molecule has 7 heteroatoms. The van der Waals surface area contributed by atoms with Crippen LogP contribution in [0.5, 0.6) is 0 Å². The smallest absolute Gasteiger partial charge is 0.342 e. The van der Waals surface area contributed by atoms with Crippen molar-refractivity contribution in [1.29, 1.82) is 0 Å². The van der Waals surface area contributed by atoms with Crippen LogP contribution in [0, 0.1) is 0 Å². The molecule has 0 saturated carbocycles. The van der Waals surface area contributed by atoms with Gasteiger partial charge in [-0.25, -0.2) is 4.79 Å². The summed E-state index contributed by atoms with van der Waals surface area (Å²) < 4.78 is 20.4. The lowest BCUT2D eigenvalue weighted by Crippen LogP contribution is -2.42. The first kappa shape index (κ1) is 16.1. The van der Waals surface area contributed by atoms with E-state index >= 15 is 0 Å². The van der Waals surface area contributed by atoms with Gasteiger partial charge in [-0.1, -0.05) is 6.92 Å². The van der Waals surface area contributed by atoms with Gasteiger partial charge in [-0.15, -0.1) is 0 Å². The molecule has 6 nitrogen and oxygen atoms in total. The second kappa shape index (κ2) is 7.44. The Hall–Kier alpha value is -0.893. The van der Waals surface area contributed by atoms with Crippen LogP contribution in [-0.4, -0.2) is 55.2 Å². The molecule has 0 aromatic carbocycles. The van der Waals surface area contributed by atoms with E-state index in [0.717, 1.165) is 6.42 Å². The van der Waals surface area contributed by atoms with Crippen molar-refractivity contribution in [2.24, 2.45) is 0 Å². The number of ether oxygens (including phenoxy) is 4. The summed E-state index contributed by atoms with van der Waals surface area (Å²) in [7, 11) is 4.35. The molecular weight excluding hydrogens is 244 g/mol. The van der Waals surface area contributed by atoms with Crippen LogP contribution in [0.2, 0.25) is 0 Å². The van der Waals surface area contributed by atoms with Crippen molar-refractivity contribution in [2.75, 3.05) is 27.9 Å². The number of carboxylic acid groups (broad SMARTS) is 1. The Labute approximate surface area is 104 Å². The van der Waals surface area contributed by atoms with Crippen LogP contribution in [0.25, 0.3) is 0 Å². The van der Waals surface area contributed by atoms with Crippen LogP contribution >= 0.6 is 0 Å². The fraction of sp³-hybridized carbons (Fsp3) is 0.700. The number of methoxy groups -OCH3 is 3. The van der Waals surface area contributed by atoms with Gasteiger partial charge in [-0.3, -0.25) is 0 Å². The normalized spacial score (nSPS) is 13.4. The predicted molar refractivity (Wildman–Crippen MR) is 64.6 cm³/mol. The third-order valence-electron chi connectivity index (χ3n) is 2.20. The number of aliphatic carboxylic acids is 1. The van der Waals surface area contributed by atoms with E-state index in [1.807, 2.05) is 6.92 Å². The zero-order valence-corrected chi connectivity index (χ0v) is 12.9. The van der Waals surface area contributed by atoms with Gasteiger partial charge in [-0.2, -0.15) is 0 Å². The van der Waals surface area contributed by atoms with E-state index < -0.39 is 11.9 Å². The number of rotatable bonds is 8. The topological polar surface area (TPSA) is 74.2 Å². The van der Waals surface area contributed by atoms with E-state index in [9.17, 15) is 9.90 Å². The van der Waals surface area contributed by atoms with Gasteiger partial charge in [0.05, 0.1) is 22.2 Å². The Morgan fingerprint density at radius 3 is 2.00 bits per heavy atom. The Bertz CT molecular complexity index is 276. The molecule has 0 spiro atoms. The van der Waals surface area contributed by atoms with Crippen LogP contribution in [0.4, 0.5) is 0 Å². The predicted octanol–water partition coefficient (Wildman–Crippen LogP) is -0.332. The summed E-state index contributed by atoms with van der Waals surface area (Å²) in [5.41, 5.74) is -0.148. The summed E-state index contributed by atoms with van der Waals surface area (Å²) >= 11 is 0. The lowest BCUT2D eigenvalue weighted by molar-refractivity contribution is -0.326. The van der Waals surface area contributed by atoms with Crippen molar-refractivity contribution in [1.82, 2.24) is 0 Å². The molecule has 0 aliphatic rings. The Morgan fingerprint density at radius 2 is 1.71 bits per heavy atom. The minimum Gasteiger partial charge on any atom is -0.503 e. The molecule has 100 valence electrons. The molecule has 0 saturated heterocycles. The van der Waals surface area contributed by atoms with E-state index in [1.54, 1.807) is 0 Å². The molecule has 0 aromatic rings. The molecule has 0 fully saturated rings. The monoisotopic (exact) mass is 264 g/mol. The van der Waals surface area contributed by atoms with Crippen molar-refractivity contribution in [2.45, 2.75) is 19.3 Å². The molecule has 0 amide bonds. The maximum absolute atomic E-state index is 11.3. The van der Waals surface area contributed by atoms with Gasteiger partial charge in [0.1, 0.15) is 0 Å². The molecule has 0 unspecified atom stereocenters. The molecule has 0 aliphatic carbocycles. The van der Waals surface area contributed by atoms with E-state index in [1.165, 1.54) is 21.3 Å². The minimum absolute atomic E-state index is 0.148. The zero-order valence-electron chi connectivity index (χ0n) is 10.9. The largest absolute Gasteiger partial charge is 0.503 e. The fourth-order valence-corrected chi connectivity index (χ4v) is 2.10. The van der Waals surface area contributed by atoms with Gasteiger partial charge in [-0.05, 0) is 6.42 Å². The zero-order chi connectivity index (χ0) is 13.5. The number of carboxylic acids is 1. The number of hydrogen-bond acceptors (Lipinski definition) is 5. The van der Waals surface area contributed by atoms with Gasteiger partial charge in [0.2, 0.25) is 0 Å². The summed E-state index contributed by atoms with van der Waals surface area (Å²) in [6.45, 7) is 2.38. The summed E-state index contributed by atoms with van der Waals surface area (Å²) in [5.74, 6) is -2.91. The molecule has 17 heavy (non-hydrogen) atoms. The van der Waals surface area contributed by atoms with Gasteiger partial charge >= 0.3 is 11.9 Å². The molecule has 0 rings (SSSR count). The van der Waals surface area contributed by atoms with E-state index in [0.29, 0.717) is 22.2 Å². The van der Waals surface area contributed by atoms with Crippen LogP contribution in [0.3, 0.4) is 0 Å². The molecule has 1 N–H and O–H groups in total. The lowest BCUT2D eigenvalue weighted by atomic mass is 10.2. The van der Waals surface area contributed by atoms with Crippen LogP contribution in [0.1, 0.15) is 13.3 Å². The maximum atomic E-state index is 11.3. The standard InChI is InChI=1S/C10H20O6Si/c1-5-6-16-9(17)7(8(11)12)10(13-2,14-3)15-4/h5-6H2,1-4,17H3,(H,11,12). The highest BCUT2D eigenvalue weighted by Crippen LogP contribution is 2.26. The molecular formula is C10H20O6Si. The van der Waals surface area contributed by atoms with E-state index in [-0.39, 0.29) is 5.57 Å². The van der Waals surface area contributed by atoms with E-state index in [2.05, 4.69) is 0 Å². The van der Waals surface area contributed by atoms with Crippen LogP contribution in [0.15, 0.2) is 11.0 Å². The fourth-order valence-electron chi connectivity index (χ4n) is 1.38. The highest BCUT2D eigenvalue weighted by molar-refractivity contribution is 6.23. The van der Waals surface area contributed by atoms with Crippen molar-refractivity contribution >= 4 is 16.2 Å². The highest BCUT2D eigenvalue weighted by atomic mass is 28.1. The first-order chi connectivity index (χ1) is 7.98. The average molecular weight is 264 g/mol. The Morgan fingerprint density at radius 1 is 1.24 bits per heavy atom. The third kappa shape index (κ3) is 3.81. The minimum atomic E-state index is -1.73. The number of hydrogen-bond donors (Lipinski definition) is 1. The second-order valence-corrected chi connectivity index (χ2v) is 4.16. The molecule has 0 heterocycles. The second-order valence-electron chi connectivity index (χ2n) is 3.25. The van der Waals surface area contributed by atoms with Crippen LogP contribution < -0.4 is 0 Å². The third-order valence-corrected chi connectivity index (χ3v) is 2.99. The van der Waals surface area contributed by atoms with Gasteiger partial charge in [0.15, 0.2) is 5.57 Å². The lowest BCUT2D eigenvalue weighted by Gasteiger charge is -2.30. The van der Waals surface area contributed by atoms with E-state index in [4.69, 9.17) is 18.9 Å². The molecule has 0 radical (unpaired) electrons. The average Bonchev–Trinajstić information content (AvgIpc) is 2.32. The van der Waals surface area contributed by atoms with Crippen molar-refractivity contribution in [3.05, 3.63) is 11.0 Å². The Kier molecular flexibility index (Phi) is 7.05. The summed E-state index contributed by atoms with van der Waals surface area (Å²) in [4.78, 5) is 11.3. The summed E-state index contributed by atoms with van der Waals surface area (Å²) in [6, 6.07) is 0. The first-order valence-corrected chi connectivity index (χ1v) is 6.21. The molecule has 0 atom stereocenters. The van der Waals surface area contributed by atoms with Gasteiger partial charge in [0.25, 0.3) is 0 Å². The van der Waals surface area contributed by atoms with Crippen molar-refractivity contribution in [3.8, 4) is 0 Å². The number of carbonyl (C=O) groups is 1. The summed E-state index contributed by atoms with van der Waals surface area (Å²) in [5, 5.41) is 9.55. The van der Waals surface area contributed by atoms with Crippen molar-refractivity contribution in [3.63, 3.8) is 0 Å². The van der Waals surface area contributed by atoms with Gasteiger partial charge in [0, 0.05) is 21.3 Å². The van der Waals surface area contributed by atoms with Crippen molar-refractivity contribution < 1.29 is 28.8 Å². The SMILES string of the molecule is CCCOC([SiH3])=C(C(=O)O)C(OC)(OC)OC. The van der Waals surface area contributed by atoms with Crippen LogP contribution in [-0.2, 0) is 23.7 Å². The van der Waals surface area contributed by atoms with Gasteiger partial charge < -0.3 is 24.1 Å². The molecule has 0 aromatic heterocycles. The summed E-state index contributed by atoms with van der Waals surface area (Å²) in [6.07, 6.45) is 0.790. The maximum Gasteiger partial charge on any atom is 0.342 e. The Balaban J connectivity index is 5.39. The molecule has 0 bridgehead atoms. The quantitative estimate of drug-likeness (QED) is 0.280.